The quantitative estimate of drug-likeness (QED) is 0.157. The first-order chi connectivity index (χ1) is 8.84. The van der Waals surface area contributed by atoms with Crippen molar-refractivity contribution in [3.8, 4) is 0 Å². The van der Waals surface area contributed by atoms with Crippen LogP contribution in [0.2, 0.25) is 0 Å². The van der Waals surface area contributed by atoms with Crippen molar-refractivity contribution in [1.82, 2.24) is 5.32 Å². The molecule has 0 unspecified atom stereocenters. The molecular weight excluding hydrogens is 264 g/mol. The van der Waals surface area contributed by atoms with E-state index in [-0.39, 0.29) is 0 Å². The van der Waals surface area contributed by atoms with Crippen LogP contribution in [0.5, 0.6) is 0 Å². The minimum absolute atomic E-state index is 0.688. The number of amides is 2. The number of rotatable bonds is 7. The van der Waals surface area contributed by atoms with Crippen LogP contribution in [0.15, 0.2) is 5.11 Å². The molecule has 11 nitrogen and oxygen atoms in total. The first-order valence-electron chi connectivity index (χ1n) is 5.02. The minimum atomic E-state index is -2.22. The first kappa shape index (κ1) is 17.2. The number of nitrogens with one attached hydrogen (secondary N) is 1. The summed E-state index contributed by atoms with van der Waals surface area (Å²) in [6.07, 6.45) is -8.09. The lowest BCUT2D eigenvalue weighted by molar-refractivity contribution is -0.151. The van der Waals surface area contributed by atoms with Crippen LogP contribution in [-0.2, 0) is 9.59 Å². The Bertz CT molecular complexity index is 370. The highest BCUT2D eigenvalue weighted by atomic mass is 16.4. The van der Waals surface area contributed by atoms with Crippen molar-refractivity contribution in [3.63, 3.8) is 0 Å². The number of azide groups is 1. The van der Waals surface area contributed by atoms with Crippen LogP contribution in [-0.4, -0.2) is 74.9 Å². The van der Waals surface area contributed by atoms with Crippen LogP contribution in [0.4, 0.5) is 0 Å². The third-order valence-corrected chi connectivity index (χ3v) is 2.06. The first-order valence-corrected chi connectivity index (χ1v) is 5.02. The summed E-state index contributed by atoms with van der Waals surface area (Å²) in [5.41, 5.74) is 7.93. The van der Waals surface area contributed by atoms with E-state index in [9.17, 15) is 24.9 Å². The summed E-state index contributed by atoms with van der Waals surface area (Å²) in [6.45, 7) is -1.59. The molecular formula is C8H14N4O7. The number of nitrogens with zero attached hydrogens (tertiary/aromatic N) is 3. The molecule has 108 valence electrons. The SMILES string of the molecule is [N-]=[N+]=NCC(=O)NC(=O)[C@H](O)[C@@H](O)[C@@H](O)[C@H](O)CO. The molecule has 0 aromatic heterocycles. The standard InChI is InChI=1S/C8H14N4O7/c9-12-10-1-4(15)11-8(19)7(18)6(17)5(16)3(14)2-13/h3,5-7,13-14,16-18H,1-2H2,(H,11,15,19)/t3-,5+,6+,7-/m1/s1. The smallest absolute Gasteiger partial charge is 0.258 e. The molecule has 0 rings (SSSR count). The van der Waals surface area contributed by atoms with Gasteiger partial charge in [-0.05, 0) is 5.53 Å². The molecule has 0 saturated heterocycles. The minimum Gasteiger partial charge on any atom is -0.394 e. The van der Waals surface area contributed by atoms with Gasteiger partial charge in [-0.1, -0.05) is 5.11 Å². The Hall–Kier alpha value is -1.75. The second-order valence-electron chi connectivity index (χ2n) is 3.48. The van der Waals surface area contributed by atoms with E-state index in [4.69, 9.17) is 15.7 Å². The Labute approximate surface area is 106 Å². The van der Waals surface area contributed by atoms with Crippen molar-refractivity contribution in [2.45, 2.75) is 24.4 Å². The van der Waals surface area contributed by atoms with Gasteiger partial charge in [0.2, 0.25) is 5.91 Å². The molecule has 0 heterocycles. The maximum Gasteiger partial charge on any atom is 0.258 e. The number of imide groups is 1. The van der Waals surface area contributed by atoms with Crippen molar-refractivity contribution < 1.29 is 35.1 Å². The van der Waals surface area contributed by atoms with Crippen LogP contribution < -0.4 is 5.32 Å². The average Bonchev–Trinajstić information content (AvgIpc) is 2.41. The maximum absolute atomic E-state index is 11.2. The Morgan fingerprint density at radius 3 is 2.26 bits per heavy atom. The van der Waals surface area contributed by atoms with E-state index in [2.05, 4.69) is 10.0 Å². The zero-order valence-corrected chi connectivity index (χ0v) is 9.62. The van der Waals surface area contributed by atoms with Crippen LogP contribution in [0, 0.1) is 0 Å². The second-order valence-corrected chi connectivity index (χ2v) is 3.48. The van der Waals surface area contributed by atoms with E-state index in [1.54, 1.807) is 5.32 Å². The molecule has 0 spiro atoms. The van der Waals surface area contributed by atoms with E-state index in [1.165, 1.54) is 0 Å². The summed E-state index contributed by atoms with van der Waals surface area (Å²) in [6, 6.07) is 0. The van der Waals surface area contributed by atoms with Crippen LogP contribution >= 0.6 is 0 Å². The lowest BCUT2D eigenvalue weighted by Crippen LogP contribution is -2.52. The Morgan fingerprint density at radius 2 is 1.79 bits per heavy atom. The van der Waals surface area contributed by atoms with Gasteiger partial charge in [-0.25, -0.2) is 0 Å². The predicted molar refractivity (Wildman–Crippen MR) is 58.3 cm³/mol. The van der Waals surface area contributed by atoms with Crippen LogP contribution in [0.3, 0.4) is 0 Å². The molecule has 0 bridgehead atoms. The maximum atomic E-state index is 11.2. The van der Waals surface area contributed by atoms with Crippen molar-refractivity contribution >= 4 is 11.8 Å². The summed E-state index contributed by atoms with van der Waals surface area (Å²) >= 11 is 0. The van der Waals surface area contributed by atoms with Crippen molar-refractivity contribution in [1.29, 1.82) is 0 Å². The molecule has 2 amide bonds. The third kappa shape index (κ3) is 5.61. The number of aliphatic hydroxyl groups excluding tert-OH is 5. The van der Waals surface area contributed by atoms with Gasteiger partial charge in [0.1, 0.15) is 24.9 Å². The molecule has 4 atom stereocenters. The molecule has 0 fully saturated rings. The van der Waals surface area contributed by atoms with Gasteiger partial charge in [0, 0.05) is 4.91 Å². The second kappa shape index (κ2) is 8.37. The van der Waals surface area contributed by atoms with Gasteiger partial charge in [-0.15, -0.1) is 0 Å². The number of carbonyl (C=O) groups is 2. The van der Waals surface area contributed by atoms with Gasteiger partial charge in [0.05, 0.1) is 6.61 Å². The van der Waals surface area contributed by atoms with Gasteiger partial charge in [-0.3, -0.25) is 14.9 Å². The number of hydrogen-bond acceptors (Lipinski definition) is 8. The zero-order valence-electron chi connectivity index (χ0n) is 9.62. The Kier molecular flexibility index (Phi) is 7.60. The fourth-order valence-electron chi connectivity index (χ4n) is 1.02. The van der Waals surface area contributed by atoms with Gasteiger partial charge in [0.25, 0.3) is 5.91 Å². The zero-order chi connectivity index (χ0) is 15.0. The monoisotopic (exact) mass is 278 g/mol. The molecule has 0 aliphatic heterocycles. The van der Waals surface area contributed by atoms with Gasteiger partial charge in [-0.2, -0.15) is 0 Å². The molecule has 0 aliphatic carbocycles. The van der Waals surface area contributed by atoms with E-state index in [0.717, 1.165) is 0 Å². The molecule has 19 heavy (non-hydrogen) atoms. The normalized spacial score (nSPS) is 16.7. The number of aliphatic hydroxyl groups is 5. The summed E-state index contributed by atoms with van der Waals surface area (Å²) in [5.74, 6) is -2.37. The summed E-state index contributed by atoms with van der Waals surface area (Å²) in [5, 5.41) is 49.8. The highest BCUT2D eigenvalue weighted by Gasteiger charge is 2.34. The van der Waals surface area contributed by atoms with E-state index in [0.29, 0.717) is 0 Å². The predicted octanol–water partition coefficient (Wildman–Crippen LogP) is -3.62. The highest BCUT2D eigenvalue weighted by Crippen LogP contribution is 2.05. The van der Waals surface area contributed by atoms with Crippen molar-refractivity contribution in [2.24, 2.45) is 5.11 Å². The summed E-state index contributed by atoms with van der Waals surface area (Å²) < 4.78 is 0. The van der Waals surface area contributed by atoms with Crippen LogP contribution in [0.25, 0.3) is 10.4 Å². The summed E-state index contributed by atoms with van der Waals surface area (Å²) in [4.78, 5) is 24.5. The van der Waals surface area contributed by atoms with Crippen LogP contribution in [0.1, 0.15) is 0 Å². The molecule has 11 heteroatoms. The van der Waals surface area contributed by atoms with Gasteiger partial charge in [0.15, 0.2) is 6.10 Å². The number of carbonyl (C=O) groups excluding carboxylic acids is 2. The molecule has 0 radical (unpaired) electrons. The number of hydrogen-bond donors (Lipinski definition) is 6. The largest absolute Gasteiger partial charge is 0.394 e. The third-order valence-electron chi connectivity index (χ3n) is 2.06. The molecule has 0 saturated carbocycles. The lowest BCUT2D eigenvalue weighted by Gasteiger charge is -2.24. The van der Waals surface area contributed by atoms with E-state index in [1.807, 2.05) is 0 Å². The summed E-state index contributed by atoms with van der Waals surface area (Å²) in [7, 11) is 0. The van der Waals surface area contributed by atoms with Crippen molar-refractivity contribution in [2.75, 3.05) is 13.2 Å². The topological polar surface area (TPSA) is 196 Å². The fourth-order valence-corrected chi connectivity index (χ4v) is 1.02. The molecule has 0 aliphatic rings. The highest BCUT2D eigenvalue weighted by molar-refractivity contribution is 5.98. The van der Waals surface area contributed by atoms with Gasteiger partial charge < -0.3 is 25.5 Å². The molecule has 0 aromatic rings. The molecule has 0 aromatic carbocycles. The Balaban J connectivity index is 4.47. The fraction of sp³-hybridized carbons (Fsp3) is 0.750. The van der Waals surface area contributed by atoms with Crippen molar-refractivity contribution in [3.05, 3.63) is 10.4 Å². The van der Waals surface area contributed by atoms with E-state index >= 15 is 0 Å². The van der Waals surface area contributed by atoms with Gasteiger partial charge >= 0.3 is 0 Å². The average molecular weight is 278 g/mol. The lowest BCUT2D eigenvalue weighted by atomic mass is 10.0. The Morgan fingerprint density at radius 1 is 1.21 bits per heavy atom. The van der Waals surface area contributed by atoms with E-state index < -0.39 is 49.4 Å². The molecule has 6 N–H and O–H groups in total.